The van der Waals surface area contributed by atoms with E-state index in [1.54, 1.807) is 0 Å². The minimum absolute atomic E-state index is 0.0338. The highest BCUT2D eigenvalue weighted by molar-refractivity contribution is 4.89. The maximum absolute atomic E-state index is 13.8. The van der Waals surface area contributed by atoms with Crippen LogP contribution in [0.3, 0.4) is 0 Å². The Labute approximate surface area is 191 Å². The molecule has 3 rings (SSSR count). The van der Waals surface area contributed by atoms with Crippen molar-refractivity contribution >= 4 is 0 Å². The summed E-state index contributed by atoms with van der Waals surface area (Å²) in [7, 11) is 0. The van der Waals surface area contributed by atoms with Gasteiger partial charge in [0.05, 0.1) is 18.6 Å². The van der Waals surface area contributed by atoms with Gasteiger partial charge in [0, 0.05) is 25.8 Å². The van der Waals surface area contributed by atoms with Crippen molar-refractivity contribution in [2.75, 3.05) is 32.9 Å². The van der Waals surface area contributed by atoms with Crippen LogP contribution < -0.4 is 0 Å². The molecule has 2 aliphatic carbocycles. The minimum atomic E-state index is -4.09. The van der Waals surface area contributed by atoms with Crippen molar-refractivity contribution < 1.29 is 28.1 Å². The summed E-state index contributed by atoms with van der Waals surface area (Å²) >= 11 is 0. The predicted octanol–water partition coefficient (Wildman–Crippen LogP) is 5.17. The summed E-state index contributed by atoms with van der Waals surface area (Å²) in [6.45, 7) is 2.90. The molecule has 0 aromatic carbocycles. The monoisotopic (exact) mass is 463 g/mol. The normalized spacial score (nSPS) is 33.5. The molecular weight excluding hydrogens is 419 g/mol. The number of hydrogen-bond donors (Lipinski definition) is 2. The van der Waals surface area contributed by atoms with Crippen molar-refractivity contribution in [3.05, 3.63) is 0 Å². The standard InChI is InChI=1S/C25H44F3NO3/c26-25(27,28)24-15-19(9-10-23(24)20-7-3-1-4-8-20)18-32-14-6-2-5-12-29-13-11-22(31)16-21(29)17-30/h19-24,30-31H,1-18H2. The van der Waals surface area contributed by atoms with Crippen LogP contribution in [-0.4, -0.2) is 66.3 Å². The molecule has 1 aliphatic heterocycles. The van der Waals surface area contributed by atoms with E-state index in [0.29, 0.717) is 26.1 Å². The van der Waals surface area contributed by atoms with Gasteiger partial charge in [0.1, 0.15) is 0 Å². The molecule has 3 fully saturated rings. The number of alkyl halides is 3. The highest BCUT2D eigenvalue weighted by Gasteiger charge is 2.49. The van der Waals surface area contributed by atoms with Gasteiger partial charge in [-0.3, -0.25) is 4.90 Å². The van der Waals surface area contributed by atoms with Crippen LogP contribution in [0.1, 0.15) is 83.5 Å². The van der Waals surface area contributed by atoms with Gasteiger partial charge in [0.15, 0.2) is 0 Å². The SMILES string of the molecule is OCC1CC(O)CCN1CCCCCOCC1CCC(C2CCCCC2)C(C(F)(F)F)C1. The molecule has 4 nitrogen and oxygen atoms in total. The van der Waals surface area contributed by atoms with Crippen LogP contribution in [0.2, 0.25) is 0 Å². The zero-order valence-electron chi connectivity index (χ0n) is 19.6. The van der Waals surface area contributed by atoms with E-state index in [9.17, 15) is 23.4 Å². The van der Waals surface area contributed by atoms with Gasteiger partial charge in [-0.25, -0.2) is 0 Å². The Morgan fingerprint density at radius 2 is 1.69 bits per heavy atom. The van der Waals surface area contributed by atoms with E-state index in [1.165, 1.54) is 6.42 Å². The van der Waals surface area contributed by atoms with Crippen molar-refractivity contribution in [1.29, 1.82) is 0 Å². The van der Waals surface area contributed by atoms with E-state index in [2.05, 4.69) is 4.90 Å². The molecule has 0 amide bonds. The first-order valence-corrected chi connectivity index (χ1v) is 13.1. The third kappa shape index (κ3) is 7.85. The summed E-state index contributed by atoms with van der Waals surface area (Å²) < 4.78 is 47.2. The van der Waals surface area contributed by atoms with E-state index in [4.69, 9.17) is 4.74 Å². The molecule has 0 radical (unpaired) electrons. The molecule has 188 valence electrons. The third-order valence-electron chi connectivity index (χ3n) is 8.30. The summed E-state index contributed by atoms with van der Waals surface area (Å²) in [5.74, 6) is -1.02. The number of rotatable bonds is 10. The first-order valence-electron chi connectivity index (χ1n) is 13.1. The van der Waals surface area contributed by atoms with Crippen LogP contribution in [0.15, 0.2) is 0 Å². The molecule has 0 bridgehead atoms. The maximum Gasteiger partial charge on any atom is 0.392 e. The van der Waals surface area contributed by atoms with Crippen LogP contribution in [0.4, 0.5) is 13.2 Å². The van der Waals surface area contributed by atoms with Gasteiger partial charge >= 0.3 is 6.18 Å². The Kier molecular flexibility index (Phi) is 10.6. The molecule has 32 heavy (non-hydrogen) atoms. The Bertz CT molecular complexity index is 527. The van der Waals surface area contributed by atoms with Crippen molar-refractivity contribution in [1.82, 2.24) is 4.90 Å². The fraction of sp³-hybridized carbons (Fsp3) is 1.00. The number of ether oxygens (including phenoxy) is 1. The molecular formula is C25H44F3NO3. The largest absolute Gasteiger partial charge is 0.395 e. The predicted molar refractivity (Wildman–Crippen MR) is 119 cm³/mol. The molecule has 1 saturated heterocycles. The Hall–Kier alpha value is -0.370. The van der Waals surface area contributed by atoms with Crippen molar-refractivity contribution in [3.8, 4) is 0 Å². The lowest BCUT2D eigenvalue weighted by Crippen LogP contribution is -2.46. The van der Waals surface area contributed by atoms with Crippen molar-refractivity contribution in [2.24, 2.45) is 23.7 Å². The van der Waals surface area contributed by atoms with Gasteiger partial charge in [-0.2, -0.15) is 13.2 Å². The molecule has 0 aromatic heterocycles. The molecule has 1 heterocycles. The molecule has 5 unspecified atom stereocenters. The van der Waals surface area contributed by atoms with Crippen LogP contribution in [0.25, 0.3) is 0 Å². The molecule has 2 saturated carbocycles. The zero-order valence-corrected chi connectivity index (χ0v) is 19.6. The lowest BCUT2D eigenvalue weighted by molar-refractivity contribution is -0.209. The van der Waals surface area contributed by atoms with Crippen molar-refractivity contribution in [3.63, 3.8) is 0 Å². The Morgan fingerprint density at radius 3 is 2.41 bits per heavy atom. The average Bonchev–Trinajstić information content (AvgIpc) is 2.79. The van der Waals surface area contributed by atoms with E-state index < -0.39 is 12.1 Å². The van der Waals surface area contributed by atoms with E-state index >= 15 is 0 Å². The average molecular weight is 464 g/mol. The summed E-state index contributed by atoms with van der Waals surface area (Å²) in [5.41, 5.74) is 0. The van der Waals surface area contributed by atoms with Gasteiger partial charge in [0.25, 0.3) is 0 Å². The number of likely N-dealkylation sites (tertiary alicyclic amines) is 1. The van der Waals surface area contributed by atoms with Crippen LogP contribution in [0.5, 0.6) is 0 Å². The first kappa shape index (κ1) is 26.2. The van der Waals surface area contributed by atoms with Gasteiger partial charge < -0.3 is 14.9 Å². The van der Waals surface area contributed by atoms with E-state index in [1.807, 2.05) is 0 Å². The second-order valence-corrected chi connectivity index (χ2v) is 10.6. The second kappa shape index (κ2) is 12.9. The Balaban J connectivity index is 1.30. The first-order chi connectivity index (χ1) is 15.4. The third-order valence-corrected chi connectivity index (χ3v) is 8.30. The lowest BCUT2D eigenvalue weighted by atomic mass is 9.65. The molecule has 3 aliphatic rings. The topological polar surface area (TPSA) is 52.9 Å². The summed E-state index contributed by atoms with van der Waals surface area (Å²) in [6.07, 6.45) is 7.12. The summed E-state index contributed by atoms with van der Waals surface area (Å²) in [6, 6.07) is 0.0558. The number of unbranched alkanes of at least 4 members (excludes halogenated alkanes) is 2. The van der Waals surface area contributed by atoms with Gasteiger partial charge in [0.2, 0.25) is 0 Å². The van der Waals surface area contributed by atoms with E-state index in [-0.39, 0.29) is 42.9 Å². The highest BCUT2D eigenvalue weighted by atomic mass is 19.4. The van der Waals surface area contributed by atoms with Crippen LogP contribution in [-0.2, 0) is 4.74 Å². The summed E-state index contributed by atoms with van der Waals surface area (Å²) in [4.78, 5) is 2.26. The Morgan fingerprint density at radius 1 is 0.906 bits per heavy atom. The van der Waals surface area contributed by atoms with Crippen molar-refractivity contribution in [2.45, 2.75) is 102 Å². The quantitative estimate of drug-likeness (QED) is 0.439. The van der Waals surface area contributed by atoms with Gasteiger partial charge in [-0.1, -0.05) is 32.1 Å². The fourth-order valence-electron chi connectivity index (χ4n) is 6.44. The minimum Gasteiger partial charge on any atom is -0.395 e. The smallest absolute Gasteiger partial charge is 0.392 e. The zero-order chi connectivity index (χ0) is 23.0. The number of hydrogen-bond acceptors (Lipinski definition) is 4. The number of halogens is 3. The second-order valence-electron chi connectivity index (χ2n) is 10.6. The number of aliphatic hydroxyl groups excluding tert-OH is 2. The molecule has 0 aromatic rings. The van der Waals surface area contributed by atoms with Gasteiger partial charge in [-0.05, 0) is 75.7 Å². The van der Waals surface area contributed by atoms with Crippen LogP contribution in [0, 0.1) is 23.7 Å². The molecule has 5 atom stereocenters. The van der Waals surface area contributed by atoms with E-state index in [0.717, 1.165) is 70.9 Å². The maximum atomic E-state index is 13.8. The number of nitrogens with zero attached hydrogens (tertiary/aromatic N) is 1. The lowest BCUT2D eigenvalue weighted by Gasteiger charge is -2.42. The molecule has 0 spiro atoms. The number of aliphatic hydroxyl groups is 2. The number of piperidine rings is 1. The van der Waals surface area contributed by atoms with Gasteiger partial charge in [-0.15, -0.1) is 0 Å². The molecule has 2 N–H and O–H groups in total. The molecule has 7 heteroatoms. The summed E-state index contributed by atoms with van der Waals surface area (Å²) in [5, 5.41) is 19.2. The fourth-order valence-corrected chi connectivity index (χ4v) is 6.44. The van der Waals surface area contributed by atoms with Crippen LogP contribution >= 0.6 is 0 Å². The highest BCUT2D eigenvalue weighted by Crippen LogP contribution is 2.49.